The fraction of sp³-hybridized carbons (Fsp3) is 0.100. The van der Waals surface area contributed by atoms with Crippen LogP contribution in [0.1, 0.15) is 15.9 Å². The summed E-state index contributed by atoms with van der Waals surface area (Å²) in [6, 6.07) is 14.7. The molecule has 0 fully saturated rings. The molecule has 5 nitrogen and oxygen atoms in total. The summed E-state index contributed by atoms with van der Waals surface area (Å²) in [5.74, 6) is 0.839. The summed E-state index contributed by atoms with van der Waals surface area (Å²) < 4.78 is 10.4. The van der Waals surface area contributed by atoms with Gasteiger partial charge in [0.25, 0.3) is 0 Å². The van der Waals surface area contributed by atoms with E-state index in [9.17, 15) is 10.1 Å². The maximum absolute atomic E-state index is 12.8. The van der Waals surface area contributed by atoms with Crippen LogP contribution in [0, 0.1) is 11.3 Å². The molecule has 2 aromatic carbocycles. The smallest absolute Gasteiger partial charge is 0.205 e. The molecule has 0 unspecified atom stereocenters. The standard InChI is InChI=1S/C20H16N2O3/c1-24-15-8-13(9-16(10-15)25-2)7-14(11-21)20(23)18-12-22-19-6-4-3-5-17(18)19/h3-10,12,22H,1-2H3. The van der Waals surface area contributed by atoms with E-state index in [-0.39, 0.29) is 11.4 Å². The highest BCUT2D eigenvalue weighted by Crippen LogP contribution is 2.26. The molecular formula is C20H16N2O3. The van der Waals surface area contributed by atoms with Crippen molar-refractivity contribution in [2.75, 3.05) is 14.2 Å². The molecule has 3 aromatic rings. The number of rotatable bonds is 5. The molecule has 0 saturated heterocycles. The van der Waals surface area contributed by atoms with Crippen LogP contribution in [0.15, 0.2) is 54.2 Å². The van der Waals surface area contributed by atoms with E-state index in [1.165, 1.54) is 6.08 Å². The number of fused-ring (bicyclic) bond motifs is 1. The molecule has 3 rings (SSSR count). The number of carbonyl (C=O) groups is 1. The lowest BCUT2D eigenvalue weighted by molar-refractivity contribution is 0.104. The third kappa shape index (κ3) is 3.24. The van der Waals surface area contributed by atoms with E-state index in [4.69, 9.17) is 9.47 Å². The van der Waals surface area contributed by atoms with Gasteiger partial charge >= 0.3 is 0 Å². The molecule has 0 aliphatic heterocycles. The number of Topliss-reactive ketones (excluding diaryl/α,β-unsaturated/α-hetero) is 1. The number of aromatic amines is 1. The van der Waals surface area contributed by atoms with E-state index in [0.29, 0.717) is 22.6 Å². The molecule has 0 atom stereocenters. The number of ether oxygens (including phenoxy) is 2. The molecule has 0 aliphatic rings. The minimum absolute atomic E-state index is 0.0417. The summed E-state index contributed by atoms with van der Waals surface area (Å²) in [6.45, 7) is 0. The minimum Gasteiger partial charge on any atom is -0.497 e. The van der Waals surface area contributed by atoms with Crippen molar-refractivity contribution in [2.24, 2.45) is 0 Å². The molecule has 0 saturated carbocycles. The maximum Gasteiger partial charge on any atom is 0.205 e. The first-order valence-electron chi connectivity index (χ1n) is 7.62. The number of nitrogens with one attached hydrogen (secondary N) is 1. The molecule has 1 N–H and O–H groups in total. The van der Waals surface area contributed by atoms with Crippen molar-refractivity contribution < 1.29 is 14.3 Å². The van der Waals surface area contributed by atoms with Crippen molar-refractivity contribution in [3.8, 4) is 17.6 Å². The number of hydrogen-bond acceptors (Lipinski definition) is 4. The Morgan fingerprint density at radius 2 is 1.80 bits per heavy atom. The van der Waals surface area contributed by atoms with Crippen LogP contribution in [-0.4, -0.2) is 25.0 Å². The Bertz CT molecular complexity index is 987. The highest BCUT2D eigenvalue weighted by atomic mass is 16.5. The Balaban J connectivity index is 2.04. The van der Waals surface area contributed by atoms with Crippen molar-refractivity contribution in [3.05, 3.63) is 65.4 Å². The SMILES string of the molecule is COc1cc(C=C(C#N)C(=O)c2c[nH]c3ccccc23)cc(OC)c1. The van der Waals surface area contributed by atoms with Crippen LogP contribution in [0.5, 0.6) is 11.5 Å². The number of carbonyl (C=O) groups excluding carboxylic acids is 1. The number of H-pyrrole nitrogens is 1. The molecule has 25 heavy (non-hydrogen) atoms. The van der Waals surface area contributed by atoms with Gasteiger partial charge < -0.3 is 14.5 Å². The number of hydrogen-bond donors (Lipinski definition) is 1. The van der Waals surface area contributed by atoms with Gasteiger partial charge in [-0.3, -0.25) is 4.79 Å². The van der Waals surface area contributed by atoms with Gasteiger partial charge in [0.2, 0.25) is 5.78 Å². The molecule has 0 bridgehead atoms. The van der Waals surface area contributed by atoms with Crippen LogP contribution in [0.4, 0.5) is 0 Å². The van der Waals surface area contributed by atoms with Crippen molar-refractivity contribution >= 4 is 22.8 Å². The number of benzene rings is 2. The van der Waals surface area contributed by atoms with Crippen molar-refractivity contribution in [1.82, 2.24) is 4.98 Å². The number of nitriles is 1. The van der Waals surface area contributed by atoms with Gasteiger partial charge in [-0.05, 0) is 29.8 Å². The fourth-order valence-corrected chi connectivity index (χ4v) is 2.63. The van der Waals surface area contributed by atoms with Gasteiger partial charge in [-0.2, -0.15) is 5.26 Å². The lowest BCUT2D eigenvalue weighted by atomic mass is 10.0. The first kappa shape index (κ1) is 16.3. The quantitative estimate of drug-likeness (QED) is 0.436. The second kappa shape index (κ2) is 6.93. The lowest BCUT2D eigenvalue weighted by Crippen LogP contribution is -2.01. The Hall–Kier alpha value is -3.52. The average molecular weight is 332 g/mol. The summed E-state index contributed by atoms with van der Waals surface area (Å²) >= 11 is 0. The molecule has 5 heteroatoms. The van der Waals surface area contributed by atoms with E-state index in [1.807, 2.05) is 30.3 Å². The summed E-state index contributed by atoms with van der Waals surface area (Å²) in [7, 11) is 3.09. The number of allylic oxidation sites excluding steroid dienone is 1. The highest BCUT2D eigenvalue weighted by molar-refractivity contribution is 6.19. The molecule has 1 heterocycles. The van der Waals surface area contributed by atoms with E-state index < -0.39 is 0 Å². The molecule has 0 aliphatic carbocycles. The topological polar surface area (TPSA) is 75.1 Å². The highest BCUT2D eigenvalue weighted by Gasteiger charge is 2.16. The van der Waals surface area contributed by atoms with Crippen molar-refractivity contribution in [1.29, 1.82) is 5.26 Å². The third-order valence-electron chi connectivity index (χ3n) is 3.88. The van der Waals surface area contributed by atoms with E-state index in [2.05, 4.69) is 4.98 Å². The van der Waals surface area contributed by atoms with Crippen molar-refractivity contribution in [2.45, 2.75) is 0 Å². The molecular weight excluding hydrogens is 316 g/mol. The molecule has 1 aromatic heterocycles. The normalized spacial score (nSPS) is 11.2. The fourth-order valence-electron chi connectivity index (χ4n) is 2.63. The zero-order chi connectivity index (χ0) is 17.8. The number of aromatic nitrogens is 1. The Morgan fingerprint density at radius 3 is 2.44 bits per heavy atom. The summed E-state index contributed by atoms with van der Waals surface area (Å²) in [5, 5.41) is 10.3. The zero-order valence-corrected chi connectivity index (χ0v) is 13.9. The monoisotopic (exact) mass is 332 g/mol. The van der Waals surface area contributed by atoms with Crippen LogP contribution in [0.25, 0.3) is 17.0 Å². The summed E-state index contributed by atoms with van der Waals surface area (Å²) in [5.41, 5.74) is 2.02. The van der Waals surface area contributed by atoms with Gasteiger partial charge in [-0.1, -0.05) is 18.2 Å². The van der Waals surface area contributed by atoms with Gasteiger partial charge in [0.05, 0.1) is 14.2 Å². The number of nitrogens with zero attached hydrogens (tertiary/aromatic N) is 1. The van der Waals surface area contributed by atoms with Gasteiger partial charge in [0.1, 0.15) is 23.1 Å². The van der Waals surface area contributed by atoms with E-state index in [0.717, 1.165) is 10.9 Å². The van der Waals surface area contributed by atoms with E-state index >= 15 is 0 Å². The van der Waals surface area contributed by atoms with Crippen LogP contribution < -0.4 is 9.47 Å². The zero-order valence-electron chi connectivity index (χ0n) is 13.9. The predicted octanol–water partition coefficient (Wildman–Crippen LogP) is 3.97. The second-order valence-corrected chi connectivity index (χ2v) is 5.39. The van der Waals surface area contributed by atoms with E-state index in [1.54, 1.807) is 38.6 Å². The minimum atomic E-state index is -0.332. The Kier molecular flexibility index (Phi) is 4.53. The average Bonchev–Trinajstić information content (AvgIpc) is 3.09. The van der Waals surface area contributed by atoms with Crippen molar-refractivity contribution in [3.63, 3.8) is 0 Å². The van der Waals surface area contributed by atoms with Gasteiger partial charge in [0.15, 0.2) is 0 Å². The lowest BCUT2D eigenvalue weighted by Gasteiger charge is -2.06. The second-order valence-electron chi connectivity index (χ2n) is 5.39. The Morgan fingerprint density at radius 1 is 1.12 bits per heavy atom. The van der Waals surface area contributed by atoms with Crippen LogP contribution in [-0.2, 0) is 0 Å². The first-order valence-corrected chi connectivity index (χ1v) is 7.62. The third-order valence-corrected chi connectivity index (χ3v) is 3.88. The van der Waals surface area contributed by atoms with Crippen LogP contribution in [0.3, 0.4) is 0 Å². The number of ketones is 1. The maximum atomic E-state index is 12.8. The number of methoxy groups -OCH3 is 2. The van der Waals surface area contributed by atoms with Gasteiger partial charge in [-0.15, -0.1) is 0 Å². The van der Waals surface area contributed by atoms with Gasteiger partial charge in [-0.25, -0.2) is 0 Å². The molecule has 0 radical (unpaired) electrons. The van der Waals surface area contributed by atoms with Crippen LogP contribution in [0.2, 0.25) is 0 Å². The summed E-state index contributed by atoms with van der Waals surface area (Å²) in [4.78, 5) is 15.8. The summed E-state index contributed by atoms with van der Waals surface area (Å²) in [6.07, 6.45) is 3.17. The number of para-hydroxylation sites is 1. The largest absolute Gasteiger partial charge is 0.497 e. The molecule has 0 amide bonds. The first-order chi connectivity index (χ1) is 12.2. The molecule has 0 spiro atoms. The predicted molar refractivity (Wildman–Crippen MR) is 95.8 cm³/mol. The Labute approximate surface area is 145 Å². The van der Waals surface area contributed by atoms with Gasteiger partial charge in [0, 0.05) is 28.7 Å². The molecule has 124 valence electrons. The van der Waals surface area contributed by atoms with Crippen LogP contribution >= 0.6 is 0 Å².